The molecule has 0 unspecified atom stereocenters. The lowest BCUT2D eigenvalue weighted by Crippen LogP contribution is -2.05. The Kier molecular flexibility index (Phi) is 4.04. The minimum Gasteiger partial charge on any atom is -0.515 e. The van der Waals surface area contributed by atoms with Gasteiger partial charge in [-0.3, -0.25) is 0 Å². The topological polar surface area (TPSA) is 46.5 Å². The van der Waals surface area contributed by atoms with Gasteiger partial charge in [0.05, 0.1) is 11.8 Å². The van der Waals surface area contributed by atoms with Crippen LogP contribution in [-0.4, -0.2) is 17.7 Å². The van der Waals surface area contributed by atoms with Gasteiger partial charge in [0.15, 0.2) is 0 Å². The van der Waals surface area contributed by atoms with E-state index in [9.17, 15) is 4.79 Å². The zero-order chi connectivity index (χ0) is 7.98. The van der Waals surface area contributed by atoms with Gasteiger partial charge in [-0.2, -0.15) is 0 Å². The number of rotatable bonds is 3. The van der Waals surface area contributed by atoms with Gasteiger partial charge < -0.3 is 9.84 Å². The van der Waals surface area contributed by atoms with E-state index in [0.717, 1.165) is 0 Å². The van der Waals surface area contributed by atoms with Crippen molar-refractivity contribution >= 4 is 5.97 Å². The van der Waals surface area contributed by atoms with Crippen LogP contribution in [0, 0.1) is 0 Å². The van der Waals surface area contributed by atoms with Gasteiger partial charge in [-0.1, -0.05) is 12.7 Å². The van der Waals surface area contributed by atoms with Gasteiger partial charge >= 0.3 is 5.97 Å². The van der Waals surface area contributed by atoms with Crippen molar-refractivity contribution in [3.63, 3.8) is 0 Å². The van der Waals surface area contributed by atoms with Crippen molar-refractivity contribution in [2.24, 2.45) is 0 Å². The van der Waals surface area contributed by atoms with Crippen molar-refractivity contribution in [3.05, 3.63) is 24.5 Å². The molecule has 0 spiro atoms. The molecule has 0 rings (SSSR count). The third-order valence-corrected chi connectivity index (χ3v) is 0.848. The molecule has 0 saturated heterocycles. The highest BCUT2D eigenvalue weighted by Crippen LogP contribution is 1.93. The Hall–Kier alpha value is -1.25. The second-order valence-corrected chi connectivity index (χ2v) is 1.70. The molecule has 0 radical (unpaired) electrons. The minimum absolute atomic E-state index is 0.171. The van der Waals surface area contributed by atoms with Crippen LogP contribution in [0.25, 0.3) is 0 Å². The zero-order valence-electron chi connectivity index (χ0n) is 5.83. The van der Waals surface area contributed by atoms with Gasteiger partial charge in [0.25, 0.3) is 0 Å². The van der Waals surface area contributed by atoms with Gasteiger partial charge in [0, 0.05) is 0 Å². The second-order valence-electron chi connectivity index (χ2n) is 1.70. The molecule has 0 bridgehead atoms. The van der Waals surface area contributed by atoms with Gasteiger partial charge in [0.2, 0.25) is 0 Å². The van der Waals surface area contributed by atoms with Crippen LogP contribution in [-0.2, 0) is 9.53 Å². The van der Waals surface area contributed by atoms with E-state index in [-0.39, 0.29) is 12.2 Å². The molecule has 0 aliphatic rings. The maximum atomic E-state index is 10.6. The number of esters is 1. The Balaban J connectivity index is 3.74. The number of hydrogen-bond acceptors (Lipinski definition) is 3. The van der Waals surface area contributed by atoms with Crippen LogP contribution >= 0.6 is 0 Å². The first-order valence-corrected chi connectivity index (χ1v) is 2.81. The Morgan fingerprint density at radius 2 is 2.40 bits per heavy atom. The van der Waals surface area contributed by atoms with Crippen molar-refractivity contribution in [2.75, 3.05) is 6.61 Å². The molecule has 0 saturated carbocycles. The van der Waals surface area contributed by atoms with Crippen LogP contribution in [0.1, 0.15) is 6.92 Å². The number of aliphatic hydroxyl groups excluding tert-OH is 1. The second kappa shape index (κ2) is 4.61. The predicted octanol–water partition coefficient (Wildman–Crippen LogP) is 1.18. The first kappa shape index (κ1) is 8.75. The largest absolute Gasteiger partial charge is 0.515 e. The summed E-state index contributed by atoms with van der Waals surface area (Å²) in [5.41, 5.74) is 0.182. The van der Waals surface area contributed by atoms with Crippen LogP contribution in [0.3, 0.4) is 0 Å². The van der Waals surface area contributed by atoms with E-state index in [2.05, 4.69) is 11.3 Å². The molecule has 3 nitrogen and oxygen atoms in total. The molecule has 0 aliphatic carbocycles. The highest BCUT2D eigenvalue weighted by atomic mass is 16.5. The van der Waals surface area contributed by atoms with Crippen molar-refractivity contribution < 1.29 is 14.6 Å². The molecule has 0 amide bonds. The predicted molar refractivity (Wildman–Crippen MR) is 37.5 cm³/mol. The Labute approximate surface area is 59.6 Å². The molecule has 0 heterocycles. The van der Waals surface area contributed by atoms with Crippen LogP contribution in [0.4, 0.5) is 0 Å². The molecule has 3 heteroatoms. The van der Waals surface area contributed by atoms with Crippen LogP contribution in [0.2, 0.25) is 0 Å². The number of carbonyl (C=O) groups is 1. The molecule has 0 aromatic rings. The molecule has 0 aromatic carbocycles. The molecule has 56 valence electrons. The first-order valence-electron chi connectivity index (χ1n) is 2.81. The molecule has 10 heavy (non-hydrogen) atoms. The van der Waals surface area contributed by atoms with E-state index < -0.39 is 5.97 Å². The lowest BCUT2D eigenvalue weighted by molar-refractivity contribution is -0.137. The van der Waals surface area contributed by atoms with E-state index in [1.54, 1.807) is 0 Å². The molecule has 0 atom stereocenters. The number of aliphatic hydroxyl groups is 1. The summed E-state index contributed by atoms with van der Waals surface area (Å²) in [5.74, 6) is -0.526. The van der Waals surface area contributed by atoms with Crippen molar-refractivity contribution in [1.29, 1.82) is 0 Å². The van der Waals surface area contributed by atoms with E-state index in [1.165, 1.54) is 13.0 Å². The summed E-state index contributed by atoms with van der Waals surface area (Å²) in [7, 11) is 0. The van der Waals surface area contributed by atoms with Gasteiger partial charge in [-0.05, 0) is 6.92 Å². The fourth-order valence-corrected chi connectivity index (χ4v) is 0.301. The third kappa shape index (κ3) is 2.91. The van der Waals surface area contributed by atoms with Crippen LogP contribution in [0.5, 0.6) is 0 Å². The third-order valence-electron chi connectivity index (χ3n) is 0.848. The number of ether oxygens (including phenoxy) is 1. The summed E-state index contributed by atoms with van der Waals surface area (Å²) in [6.45, 7) is 4.99. The summed E-state index contributed by atoms with van der Waals surface area (Å²) in [6, 6.07) is 0. The normalized spacial score (nSPS) is 10.7. The summed E-state index contributed by atoms with van der Waals surface area (Å²) in [5, 5.41) is 8.32. The van der Waals surface area contributed by atoms with E-state index in [4.69, 9.17) is 5.11 Å². The van der Waals surface area contributed by atoms with Crippen LogP contribution < -0.4 is 0 Å². The summed E-state index contributed by atoms with van der Waals surface area (Å²) in [4.78, 5) is 10.6. The summed E-state index contributed by atoms with van der Waals surface area (Å²) in [6.07, 6.45) is 2.17. The standard InChI is InChI=1S/C7H10O3/c1-3-4-10-7(9)6(2)5-8/h3,5,8H,1,4H2,2H3. The lowest BCUT2D eigenvalue weighted by Gasteiger charge is -1.98. The van der Waals surface area contributed by atoms with Gasteiger partial charge in [-0.15, -0.1) is 0 Å². The average molecular weight is 142 g/mol. The van der Waals surface area contributed by atoms with Crippen molar-refractivity contribution in [2.45, 2.75) is 6.92 Å². The molecular formula is C7H10O3. The zero-order valence-corrected chi connectivity index (χ0v) is 5.83. The highest BCUT2D eigenvalue weighted by molar-refractivity contribution is 5.87. The first-order chi connectivity index (χ1) is 4.72. The van der Waals surface area contributed by atoms with Crippen molar-refractivity contribution in [1.82, 2.24) is 0 Å². The monoisotopic (exact) mass is 142 g/mol. The summed E-state index contributed by atoms with van der Waals surface area (Å²) < 4.78 is 4.56. The molecule has 0 aromatic heterocycles. The lowest BCUT2D eigenvalue weighted by atomic mass is 10.3. The molecular weight excluding hydrogens is 132 g/mol. The number of carbonyl (C=O) groups excluding carboxylic acids is 1. The highest BCUT2D eigenvalue weighted by Gasteiger charge is 2.02. The number of hydrogen-bond donors (Lipinski definition) is 1. The molecule has 0 fully saturated rings. The van der Waals surface area contributed by atoms with Crippen LogP contribution in [0.15, 0.2) is 24.5 Å². The average Bonchev–Trinajstić information content (AvgIpc) is 1.98. The maximum absolute atomic E-state index is 10.6. The SMILES string of the molecule is C=CCOC(=O)C(C)=CO. The fraction of sp³-hybridized carbons (Fsp3) is 0.286. The molecule has 0 aliphatic heterocycles. The minimum atomic E-state index is -0.526. The van der Waals surface area contributed by atoms with E-state index in [1.807, 2.05) is 0 Å². The van der Waals surface area contributed by atoms with E-state index >= 15 is 0 Å². The van der Waals surface area contributed by atoms with Gasteiger partial charge in [-0.25, -0.2) is 4.79 Å². The smallest absolute Gasteiger partial charge is 0.337 e. The quantitative estimate of drug-likeness (QED) is 0.278. The Morgan fingerprint density at radius 3 is 2.80 bits per heavy atom. The Morgan fingerprint density at radius 1 is 1.80 bits per heavy atom. The van der Waals surface area contributed by atoms with Gasteiger partial charge in [0.1, 0.15) is 6.61 Å². The van der Waals surface area contributed by atoms with E-state index in [0.29, 0.717) is 6.26 Å². The van der Waals surface area contributed by atoms with Crippen molar-refractivity contribution in [3.8, 4) is 0 Å². The summed E-state index contributed by atoms with van der Waals surface area (Å²) >= 11 is 0. The molecule has 1 N–H and O–H groups in total. The Bertz CT molecular complexity index is 158. The maximum Gasteiger partial charge on any atom is 0.337 e. The fourth-order valence-electron chi connectivity index (χ4n) is 0.301.